The van der Waals surface area contributed by atoms with E-state index in [2.05, 4.69) is 60.6 Å². The zero-order valence-corrected chi connectivity index (χ0v) is 13.2. The lowest BCUT2D eigenvalue weighted by Gasteiger charge is -2.11. The summed E-state index contributed by atoms with van der Waals surface area (Å²) in [6, 6.07) is 8.76. The molecule has 1 atom stereocenters. The fourth-order valence-corrected chi connectivity index (χ4v) is 2.24. The Balaban J connectivity index is 1.91. The first-order valence-electron chi connectivity index (χ1n) is 7.84. The summed E-state index contributed by atoms with van der Waals surface area (Å²) in [6.07, 6.45) is 3.78. The average molecular weight is 287 g/mol. The van der Waals surface area contributed by atoms with Gasteiger partial charge in [-0.2, -0.15) is 0 Å². The highest BCUT2D eigenvalue weighted by atomic mass is 16.4. The van der Waals surface area contributed by atoms with Crippen LogP contribution in [0, 0.1) is 6.92 Å². The second-order valence-corrected chi connectivity index (χ2v) is 5.43. The van der Waals surface area contributed by atoms with Crippen molar-refractivity contribution in [3.63, 3.8) is 0 Å². The topological polar surface area (TPSA) is 51.0 Å². The summed E-state index contributed by atoms with van der Waals surface area (Å²) in [5.74, 6) is 1.44. The van der Waals surface area contributed by atoms with Gasteiger partial charge < -0.3 is 9.73 Å². The van der Waals surface area contributed by atoms with Crippen LogP contribution in [0.4, 0.5) is 0 Å². The molecule has 0 amide bonds. The summed E-state index contributed by atoms with van der Waals surface area (Å²) < 4.78 is 5.79. The molecule has 1 aromatic carbocycles. The first kappa shape index (κ1) is 15.7. The van der Waals surface area contributed by atoms with Gasteiger partial charge in [-0.05, 0) is 38.3 Å². The lowest BCUT2D eigenvalue weighted by atomic mass is 10.1. The minimum Gasteiger partial charge on any atom is -0.424 e. The maximum Gasteiger partial charge on any atom is 0.233 e. The molecule has 0 saturated carbocycles. The quantitative estimate of drug-likeness (QED) is 0.805. The Bertz CT molecular complexity index is 533. The van der Waals surface area contributed by atoms with Gasteiger partial charge in [0.15, 0.2) is 0 Å². The van der Waals surface area contributed by atoms with Crippen LogP contribution in [-0.4, -0.2) is 16.7 Å². The largest absolute Gasteiger partial charge is 0.424 e. The number of hydrogen-bond acceptors (Lipinski definition) is 4. The molecule has 4 heteroatoms. The van der Waals surface area contributed by atoms with Crippen molar-refractivity contribution in [2.75, 3.05) is 6.54 Å². The highest BCUT2D eigenvalue weighted by molar-refractivity contribution is 5.21. The van der Waals surface area contributed by atoms with E-state index in [-0.39, 0.29) is 6.04 Å². The van der Waals surface area contributed by atoms with Crippen molar-refractivity contribution in [1.29, 1.82) is 0 Å². The van der Waals surface area contributed by atoms with Gasteiger partial charge in [-0.1, -0.05) is 43.7 Å². The molecule has 2 rings (SSSR count). The van der Waals surface area contributed by atoms with Crippen LogP contribution in [0.3, 0.4) is 0 Å². The molecular weight excluding hydrogens is 262 g/mol. The monoisotopic (exact) mass is 287 g/mol. The van der Waals surface area contributed by atoms with Crippen LogP contribution >= 0.6 is 0 Å². The molecule has 0 radical (unpaired) electrons. The van der Waals surface area contributed by atoms with E-state index in [0.717, 1.165) is 38.1 Å². The number of nitrogens with one attached hydrogen (secondary N) is 1. The molecule has 4 nitrogen and oxygen atoms in total. The normalized spacial score (nSPS) is 12.5. The average Bonchev–Trinajstić information content (AvgIpc) is 2.96. The van der Waals surface area contributed by atoms with Crippen molar-refractivity contribution in [3.8, 4) is 0 Å². The summed E-state index contributed by atoms with van der Waals surface area (Å²) in [6.45, 7) is 7.35. The minimum absolute atomic E-state index is 0.172. The van der Waals surface area contributed by atoms with E-state index in [1.165, 1.54) is 11.1 Å². The first-order valence-corrected chi connectivity index (χ1v) is 7.84. The number of benzene rings is 1. The van der Waals surface area contributed by atoms with Gasteiger partial charge in [-0.15, -0.1) is 10.2 Å². The van der Waals surface area contributed by atoms with E-state index < -0.39 is 0 Å². The molecule has 114 valence electrons. The SMILES string of the molecule is CCCNC(CC)c1nnc(CCc2ccc(C)cc2)o1. The molecule has 0 aliphatic rings. The van der Waals surface area contributed by atoms with Crippen LogP contribution < -0.4 is 5.32 Å². The number of hydrogen-bond donors (Lipinski definition) is 1. The van der Waals surface area contributed by atoms with Gasteiger partial charge in [0.05, 0.1) is 6.04 Å². The third-order valence-corrected chi connectivity index (χ3v) is 3.58. The Hall–Kier alpha value is -1.68. The second kappa shape index (κ2) is 7.93. The molecule has 0 bridgehead atoms. The van der Waals surface area contributed by atoms with Crippen molar-refractivity contribution in [1.82, 2.24) is 15.5 Å². The van der Waals surface area contributed by atoms with E-state index >= 15 is 0 Å². The van der Waals surface area contributed by atoms with Gasteiger partial charge in [0, 0.05) is 6.42 Å². The maximum absolute atomic E-state index is 5.79. The van der Waals surface area contributed by atoms with E-state index in [0.29, 0.717) is 5.89 Å². The van der Waals surface area contributed by atoms with Crippen molar-refractivity contribution < 1.29 is 4.42 Å². The Labute approximate surface area is 127 Å². The van der Waals surface area contributed by atoms with Crippen LogP contribution in [-0.2, 0) is 12.8 Å². The molecule has 1 aromatic heterocycles. The molecule has 0 spiro atoms. The summed E-state index contributed by atoms with van der Waals surface area (Å²) in [5.41, 5.74) is 2.59. The molecule has 0 aliphatic heterocycles. The number of rotatable bonds is 8. The summed E-state index contributed by atoms with van der Waals surface area (Å²) in [4.78, 5) is 0. The van der Waals surface area contributed by atoms with E-state index in [4.69, 9.17) is 4.42 Å². The summed E-state index contributed by atoms with van der Waals surface area (Å²) in [7, 11) is 0. The summed E-state index contributed by atoms with van der Waals surface area (Å²) >= 11 is 0. The van der Waals surface area contributed by atoms with Crippen LogP contribution in [0.1, 0.15) is 55.6 Å². The molecule has 0 fully saturated rings. The highest BCUT2D eigenvalue weighted by Crippen LogP contribution is 2.16. The highest BCUT2D eigenvalue weighted by Gasteiger charge is 2.15. The molecule has 1 N–H and O–H groups in total. The molecule has 1 unspecified atom stereocenters. The molecule has 0 aliphatic carbocycles. The zero-order valence-electron chi connectivity index (χ0n) is 13.2. The van der Waals surface area contributed by atoms with Gasteiger partial charge >= 0.3 is 0 Å². The fraction of sp³-hybridized carbons (Fsp3) is 0.529. The standard InChI is InChI=1S/C17H25N3O/c1-4-12-18-15(5-2)17-20-19-16(21-17)11-10-14-8-6-13(3)7-9-14/h6-9,15,18H,4-5,10-12H2,1-3H3. The zero-order chi connectivity index (χ0) is 15.1. The molecule has 2 aromatic rings. The van der Waals surface area contributed by atoms with Gasteiger partial charge in [0.1, 0.15) is 0 Å². The van der Waals surface area contributed by atoms with Crippen molar-refractivity contribution >= 4 is 0 Å². The second-order valence-electron chi connectivity index (χ2n) is 5.43. The van der Waals surface area contributed by atoms with E-state index in [9.17, 15) is 0 Å². The lowest BCUT2D eigenvalue weighted by molar-refractivity contribution is 0.372. The van der Waals surface area contributed by atoms with Gasteiger partial charge in [-0.25, -0.2) is 0 Å². The molecule has 21 heavy (non-hydrogen) atoms. The first-order chi connectivity index (χ1) is 10.2. The van der Waals surface area contributed by atoms with Crippen LogP contribution in [0.5, 0.6) is 0 Å². The smallest absolute Gasteiger partial charge is 0.233 e. The molecule has 0 saturated heterocycles. The van der Waals surface area contributed by atoms with Gasteiger partial charge in [0.2, 0.25) is 11.8 Å². The Morgan fingerprint density at radius 2 is 1.86 bits per heavy atom. The predicted octanol–water partition coefficient (Wildman–Crippen LogP) is 3.61. The van der Waals surface area contributed by atoms with Crippen molar-refractivity contribution in [3.05, 3.63) is 47.2 Å². The van der Waals surface area contributed by atoms with Crippen molar-refractivity contribution in [2.24, 2.45) is 0 Å². The lowest BCUT2D eigenvalue weighted by Crippen LogP contribution is -2.21. The van der Waals surface area contributed by atoms with Gasteiger partial charge in [0.25, 0.3) is 0 Å². The third-order valence-electron chi connectivity index (χ3n) is 3.58. The Morgan fingerprint density at radius 3 is 2.52 bits per heavy atom. The van der Waals surface area contributed by atoms with E-state index in [1.54, 1.807) is 0 Å². The third kappa shape index (κ3) is 4.67. The molecular formula is C17H25N3O. The number of aromatic nitrogens is 2. The van der Waals surface area contributed by atoms with Crippen molar-refractivity contribution in [2.45, 2.75) is 52.5 Å². The number of aryl methyl sites for hydroxylation is 3. The minimum atomic E-state index is 0.172. The molecule has 1 heterocycles. The Kier molecular flexibility index (Phi) is 5.93. The number of nitrogens with zero attached hydrogens (tertiary/aromatic N) is 2. The predicted molar refractivity (Wildman–Crippen MR) is 84.2 cm³/mol. The van der Waals surface area contributed by atoms with Crippen LogP contribution in [0.25, 0.3) is 0 Å². The van der Waals surface area contributed by atoms with Crippen LogP contribution in [0.15, 0.2) is 28.7 Å². The Morgan fingerprint density at radius 1 is 1.10 bits per heavy atom. The van der Waals surface area contributed by atoms with Crippen LogP contribution in [0.2, 0.25) is 0 Å². The van der Waals surface area contributed by atoms with Gasteiger partial charge in [-0.3, -0.25) is 0 Å². The summed E-state index contributed by atoms with van der Waals surface area (Å²) in [5, 5.41) is 11.8. The van der Waals surface area contributed by atoms with E-state index in [1.807, 2.05) is 0 Å². The maximum atomic E-state index is 5.79. The fourth-order valence-electron chi connectivity index (χ4n) is 2.24.